The Kier molecular flexibility index (Phi) is 5.19. The zero-order chi connectivity index (χ0) is 12.8. The average Bonchev–Trinajstić information content (AvgIpc) is 2.26. The van der Waals surface area contributed by atoms with E-state index in [1.54, 1.807) is 6.33 Å². The van der Waals surface area contributed by atoms with Crippen LogP contribution in [0.15, 0.2) is 12.4 Å². The molecule has 4 heteroatoms. The second kappa shape index (κ2) is 6.42. The minimum Gasteiger partial charge on any atom is -0.370 e. The summed E-state index contributed by atoms with van der Waals surface area (Å²) >= 11 is 0. The first-order valence-corrected chi connectivity index (χ1v) is 6.37. The predicted molar refractivity (Wildman–Crippen MR) is 73.5 cm³/mol. The van der Waals surface area contributed by atoms with E-state index >= 15 is 0 Å². The van der Waals surface area contributed by atoms with Crippen LogP contribution in [-0.4, -0.2) is 29.1 Å². The Morgan fingerprint density at radius 2 is 1.94 bits per heavy atom. The fourth-order valence-electron chi connectivity index (χ4n) is 1.74. The van der Waals surface area contributed by atoms with Gasteiger partial charge in [-0.05, 0) is 26.7 Å². The lowest BCUT2D eigenvalue weighted by atomic mass is 10.2. The molecule has 0 atom stereocenters. The summed E-state index contributed by atoms with van der Waals surface area (Å²) in [7, 11) is 0. The zero-order valence-electron chi connectivity index (χ0n) is 11.6. The van der Waals surface area contributed by atoms with E-state index in [0.29, 0.717) is 12.0 Å². The van der Waals surface area contributed by atoms with Gasteiger partial charge < -0.3 is 10.2 Å². The van der Waals surface area contributed by atoms with Crippen molar-refractivity contribution in [1.29, 1.82) is 0 Å². The lowest BCUT2D eigenvalue weighted by Crippen LogP contribution is -2.34. The van der Waals surface area contributed by atoms with E-state index in [1.807, 2.05) is 6.07 Å². The van der Waals surface area contributed by atoms with Crippen molar-refractivity contribution < 1.29 is 0 Å². The topological polar surface area (TPSA) is 41.0 Å². The molecule has 0 aromatic carbocycles. The van der Waals surface area contributed by atoms with Gasteiger partial charge in [-0.1, -0.05) is 13.8 Å². The molecule has 1 aromatic heterocycles. The van der Waals surface area contributed by atoms with E-state index in [-0.39, 0.29) is 0 Å². The van der Waals surface area contributed by atoms with Crippen molar-refractivity contribution in [2.45, 2.75) is 40.7 Å². The van der Waals surface area contributed by atoms with Gasteiger partial charge in [-0.15, -0.1) is 0 Å². The summed E-state index contributed by atoms with van der Waals surface area (Å²) in [6.45, 7) is 12.8. The van der Waals surface area contributed by atoms with Gasteiger partial charge in [0.2, 0.25) is 0 Å². The molecule has 0 aliphatic rings. The van der Waals surface area contributed by atoms with E-state index in [2.05, 4.69) is 54.8 Å². The van der Waals surface area contributed by atoms with Crippen molar-refractivity contribution in [3.8, 4) is 0 Å². The van der Waals surface area contributed by atoms with Gasteiger partial charge in [0.1, 0.15) is 18.0 Å². The van der Waals surface area contributed by atoms with Gasteiger partial charge in [0.25, 0.3) is 0 Å². The molecule has 0 unspecified atom stereocenters. The monoisotopic (exact) mass is 236 g/mol. The van der Waals surface area contributed by atoms with Crippen LogP contribution in [0.1, 0.15) is 34.6 Å². The Bertz CT molecular complexity index is 336. The number of nitrogens with zero attached hydrogens (tertiary/aromatic N) is 3. The lowest BCUT2D eigenvalue weighted by molar-refractivity contribution is 0.566. The molecule has 0 bridgehead atoms. The maximum absolute atomic E-state index is 4.37. The van der Waals surface area contributed by atoms with Crippen molar-refractivity contribution in [1.82, 2.24) is 9.97 Å². The Labute approximate surface area is 104 Å². The van der Waals surface area contributed by atoms with Crippen molar-refractivity contribution in [2.24, 2.45) is 5.92 Å². The van der Waals surface area contributed by atoms with Gasteiger partial charge in [-0.3, -0.25) is 0 Å². The van der Waals surface area contributed by atoms with Gasteiger partial charge in [0, 0.05) is 25.2 Å². The van der Waals surface area contributed by atoms with Gasteiger partial charge >= 0.3 is 0 Å². The predicted octanol–water partition coefficient (Wildman–Crippen LogP) is 2.78. The standard InChI is InChI=1S/C13H24N4/c1-6-14-12-7-13(16-9-15-12)17(11(4)5)8-10(2)3/h7,9-11H,6,8H2,1-5H3,(H,14,15,16). The molecular weight excluding hydrogens is 212 g/mol. The molecular formula is C13H24N4. The molecule has 0 aliphatic carbocycles. The normalized spacial score (nSPS) is 11.0. The Hall–Kier alpha value is -1.32. The molecule has 1 aromatic rings. The maximum Gasteiger partial charge on any atom is 0.134 e. The third-order valence-electron chi connectivity index (χ3n) is 2.49. The van der Waals surface area contributed by atoms with E-state index in [0.717, 1.165) is 24.7 Å². The second-order valence-corrected chi connectivity index (χ2v) is 4.93. The van der Waals surface area contributed by atoms with Crippen LogP contribution in [0.2, 0.25) is 0 Å². The first-order valence-electron chi connectivity index (χ1n) is 6.37. The van der Waals surface area contributed by atoms with Crippen molar-refractivity contribution in [2.75, 3.05) is 23.3 Å². The minimum absolute atomic E-state index is 0.446. The first kappa shape index (κ1) is 13.7. The number of nitrogens with one attached hydrogen (secondary N) is 1. The molecule has 1 N–H and O–H groups in total. The van der Waals surface area contributed by atoms with Crippen LogP contribution < -0.4 is 10.2 Å². The van der Waals surface area contributed by atoms with Crippen LogP contribution in [0.25, 0.3) is 0 Å². The highest BCUT2D eigenvalue weighted by Gasteiger charge is 2.13. The van der Waals surface area contributed by atoms with Crippen LogP contribution >= 0.6 is 0 Å². The molecule has 0 saturated heterocycles. The first-order chi connectivity index (χ1) is 8.04. The molecule has 96 valence electrons. The summed E-state index contributed by atoms with van der Waals surface area (Å²) in [6, 6.07) is 2.47. The van der Waals surface area contributed by atoms with Gasteiger partial charge in [-0.2, -0.15) is 0 Å². The molecule has 0 fully saturated rings. The molecule has 0 saturated carbocycles. The lowest BCUT2D eigenvalue weighted by Gasteiger charge is -2.29. The SMILES string of the molecule is CCNc1cc(N(CC(C)C)C(C)C)ncn1. The molecule has 0 aliphatic heterocycles. The number of hydrogen-bond acceptors (Lipinski definition) is 4. The van der Waals surface area contributed by atoms with E-state index in [9.17, 15) is 0 Å². The fourth-order valence-corrected chi connectivity index (χ4v) is 1.74. The van der Waals surface area contributed by atoms with Crippen LogP contribution in [-0.2, 0) is 0 Å². The van der Waals surface area contributed by atoms with Crippen LogP contribution in [0, 0.1) is 5.92 Å². The zero-order valence-corrected chi connectivity index (χ0v) is 11.6. The van der Waals surface area contributed by atoms with Gasteiger partial charge in [-0.25, -0.2) is 9.97 Å². The second-order valence-electron chi connectivity index (χ2n) is 4.93. The highest BCUT2D eigenvalue weighted by Crippen LogP contribution is 2.18. The summed E-state index contributed by atoms with van der Waals surface area (Å²) in [4.78, 5) is 10.9. The van der Waals surface area contributed by atoms with Crippen LogP contribution in [0.4, 0.5) is 11.6 Å². The van der Waals surface area contributed by atoms with Crippen molar-refractivity contribution in [3.63, 3.8) is 0 Å². The van der Waals surface area contributed by atoms with Crippen molar-refractivity contribution >= 4 is 11.6 Å². The summed E-state index contributed by atoms with van der Waals surface area (Å²) in [5.74, 6) is 2.52. The van der Waals surface area contributed by atoms with Crippen LogP contribution in [0.5, 0.6) is 0 Å². The quantitative estimate of drug-likeness (QED) is 0.824. The van der Waals surface area contributed by atoms with Crippen molar-refractivity contribution in [3.05, 3.63) is 12.4 Å². The number of anilines is 2. The van der Waals surface area contributed by atoms with E-state index < -0.39 is 0 Å². The van der Waals surface area contributed by atoms with Gasteiger partial charge in [0.15, 0.2) is 0 Å². The van der Waals surface area contributed by atoms with Crippen LogP contribution in [0.3, 0.4) is 0 Å². The summed E-state index contributed by atoms with van der Waals surface area (Å²) in [5, 5.41) is 3.22. The third kappa shape index (κ3) is 4.21. The highest BCUT2D eigenvalue weighted by molar-refractivity contribution is 5.48. The Morgan fingerprint density at radius 1 is 1.24 bits per heavy atom. The van der Waals surface area contributed by atoms with E-state index in [1.165, 1.54) is 0 Å². The number of rotatable bonds is 6. The van der Waals surface area contributed by atoms with Gasteiger partial charge in [0.05, 0.1) is 0 Å². The summed E-state index contributed by atoms with van der Waals surface area (Å²) in [5.41, 5.74) is 0. The van der Waals surface area contributed by atoms with E-state index in [4.69, 9.17) is 0 Å². The molecule has 4 nitrogen and oxygen atoms in total. The minimum atomic E-state index is 0.446. The molecule has 0 amide bonds. The highest BCUT2D eigenvalue weighted by atomic mass is 15.2. The molecule has 1 rings (SSSR count). The summed E-state index contributed by atoms with van der Waals surface area (Å²) in [6.07, 6.45) is 1.63. The molecule has 0 spiro atoms. The number of aromatic nitrogens is 2. The molecule has 0 radical (unpaired) electrons. The molecule has 17 heavy (non-hydrogen) atoms. The average molecular weight is 236 g/mol. The third-order valence-corrected chi connectivity index (χ3v) is 2.49. The number of hydrogen-bond donors (Lipinski definition) is 1. The molecule has 1 heterocycles. The Balaban J connectivity index is 2.89. The summed E-state index contributed by atoms with van der Waals surface area (Å²) < 4.78 is 0. The Morgan fingerprint density at radius 3 is 2.47 bits per heavy atom. The largest absolute Gasteiger partial charge is 0.370 e. The maximum atomic E-state index is 4.37. The fraction of sp³-hybridized carbons (Fsp3) is 0.692. The smallest absolute Gasteiger partial charge is 0.134 e.